The molecule has 2 rings (SSSR count). The summed E-state index contributed by atoms with van der Waals surface area (Å²) < 4.78 is 37.6. The molecule has 1 aliphatic carbocycles. The summed E-state index contributed by atoms with van der Waals surface area (Å²) in [5.41, 5.74) is -1.21. The maximum absolute atomic E-state index is 12.5. The van der Waals surface area contributed by atoms with E-state index in [4.69, 9.17) is 0 Å². The van der Waals surface area contributed by atoms with Gasteiger partial charge in [0.15, 0.2) is 0 Å². The Morgan fingerprint density at radius 2 is 2.00 bits per heavy atom. The normalized spacial score (nSPS) is 17.0. The van der Waals surface area contributed by atoms with Crippen LogP contribution in [-0.2, 0) is 12.7 Å². The number of benzene rings is 1. The zero-order valence-corrected chi connectivity index (χ0v) is 11.3. The molecule has 0 saturated heterocycles. The summed E-state index contributed by atoms with van der Waals surface area (Å²) in [6.45, 7) is 0.148. The number of rotatable bonds is 4. The molecule has 0 radical (unpaired) electrons. The van der Waals surface area contributed by atoms with Crippen LogP contribution in [0.5, 0.6) is 0 Å². The molecule has 0 bridgehead atoms. The first kappa shape index (κ1) is 15.6. The molecule has 2 amide bonds. The Bertz CT molecular complexity index is 513. The minimum absolute atomic E-state index is 0.00577. The van der Waals surface area contributed by atoms with E-state index in [0.717, 1.165) is 18.6 Å². The van der Waals surface area contributed by atoms with E-state index in [0.29, 0.717) is 18.4 Å². The van der Waals surface area contributed by atoms with Gasteiger partial charge in [0.1, 0.15) is 0 Å². The molecular weight excluding hydrogens is 285 g/mol. The summed E-state index contributed by atoms with van der Waals surface area (Å²) in [6, 6.07) is 4.28. The van der Waals surface area contributed by atoms with Gasteiger partial charge in [0.25, 0.3) is 0 Å². The minimum atomic E-state index is -4.40. The summed E-state index contributed by atoms with van der Waals surface area (Å²) in [5, 5.41) is 14.8. The van der Waals surface area contributed by atoms with Crippen LogP contribution in [0, 0.1) is 0 Å². The molecule has 21 heavy (non-hydrogen) atoms. The maximum Gasteiger partial charge on any atom is 0.416 e. The summed E-state index contributed by atoms with van der Waals surface area (Å²) >= 11 is 0. The number of carbonyl (C=O) groups is 1. The summed E-state index contributed by atoms with van der Waals surface area (Å²) in [4.78, 5) is 11.5. The van der Waals surface area contributed by atoms with E-state index in [1.165, 1.54) is 12.1 Å². The second kappa shape index (κ2) is 5.93. The molecule has 4 nitrogen and oxygen atoms in total. The maximum atomic E-state index is 12.5. The number of halogens is 3. The molecule has 0 unspecified atom stereocenters. The number of nitrogens with one attached hydrogen (secondary N) is 2. The van der Waals surface area contributed by atoms with Gasteiger partial charge in [0, 0.05) is 13.1 Å². The predicted octanol–water partition coefficient (Wildman–Crippen LogP) is 2.42. The topological polar surface area (TPSA) is 61.4 Å². The summed E-state index contributed by atoms with van der Waals surface area (Å²) in [7, 11) is 0. The molecule has 7 heteroatoms. The molecule has 0 atom stereocenters. The van der Waals surface area contributed by atoms with Crippen LogP contribution >= 0.6 is 0 Å². The van der Waals surface area contributed by atoms with Crippen LogP contribution in [-0.4, -0.2) is 23.3 Å². The minimum Gasteiger partial charge on any atom is -0.388 e. The first-order chi connectivity index (χ1) is 9.78. The molecule has 1 saturated carbocycles. The summed E-state index contributed by atoms with van der Waals surface area (Å²) in [5.74, 6) is 0. The summed E-state index contributed by atoms with van der Waals surface area (Å²) in [6.07, 6.45) is -2.16. The highest BCUT2D eigenvalue weighted by atomic mass is 19.4. The SMILES string of the molecule is O=C(NCc1cccc(C(F)(F)F)c1)NCC1(O)CCC1. The number of aliphatic hydroxyl groups is 1. The highest BCUT2D eigenvalue weighted by Gasteiger charge is 2.34. The quantitative estimate of drug-likeness (QED) is 0.800. The van der Waals surface area contributed by atoms with Crippen LogP contribution in [0.2, 0.25) is 0 Å². The fourth-order valence-electron chi connectivity index (χ4n) is 2.11. The second-order valence-corrected chi connectivity index (χ2v) is 5.31. The standard InChI is InChI=1S/C14H17F3N2O2/c15-14(16,17)11-4-1-3-10(7-11)8-18-12(20)19-9-13(21)5-2-6-13/h1,3-4,7,21H,2,5-6,8-9H2,(H2,18,19,20). The van der Waals surface area contributed by atoms with Crippen molar-refractivity contribution in [2.45, 2.75) is 37.6 Å². The number of amides is 2. The first-order valence-corrected chi connectivity index (χ1v) is 6.69. The lowest BCUT2D eigenvalue weighted by Gasteiger charge is -2.36. The average Bonchev–Trinajstić information content (AvgIpc) is 2.40. The predicted molar refractivity (Wildman–Crippen MR) is 70.5 cm³/mol. The number of hydrogen-bond donors (Lipinski definition) is 3. The van der Waals surface area contributed by atoms with Gasteiger partial charge in [-0.3, -0.25) is 0 Å². The molecule has 0 spiro atoms. The van der Waals surface area contributed by atoms with Gasteiger partial charge < -0.3 is 15.7 Å². The third-order valence-electron chi connectivity index (χ3n) is 3.57. The molecular formula is C14H17F3N2O2. The Morgan fingerprint density at radius 1 is 1.29 bits per heavy atom. The van der Waals surface area contributed by atoms with Gasteiger partial charge in [-0.2, -0.15) is 13.2 Å². The van der Waals surface area contributed by atoms with Crippen molar-refractivity contribution in [2.75, 3.05) is 6.54 Å². The Kier molecular flexibility index (Phi) is 4.41. The van der Waals surface area contributed by atoms with Gasteiger partial charge in [-0.1, -0.05) is 12.1 Å². The van der Waals surface area contributed by atoms with Crippen LogP contribution < -0.4 is 10.6 Å². The van der Waals surface area contributed by atoms with Crippen molar-refractivity contribution >= 4 is 6.03 Å². The molecule has 1 aliphatic rings. The fraction of sp³-hybridized carbons (Fsp3) is 0.500. The monoisotopic (exact) mass is 302 g/mol. The third kappa shape index (κ3) is 4.35. The fourth-order valence-corrected chi connectivity index (χ4v) is 2.11. The number of hydrogen-bond acceptors (Lipinski definition) is 2. The highest BCUT2D eigenvalue weighted by Crippen LogP contribution is 2.30. The third-order valence-corrected chi connectivity index (χ3v) is 3.57. The van der Waals surface area contributed by atoms with E-state index < -0.39 is 23.4 Å². The highest BCUT2D eigenvalue weighted by molar-refractivity contribution is 5.73. The number of carbonyl (C=O) groups excluding carboxylic acids is 1. The van der Waals surface area contributed by atoms with Crippen LogP contribution in [0.1, 0.15) is 30.4 Å². The average molecular weight is 302 g/mol. The molecule has 0 heterocycles. The number of alkyl halides is 3. The molecule has 3 N–H and O–H groups in total. The van der Waals surface area contributed by atoms with Crippen LogP contribution in [0.4, 0.5) is 18.0 Å². The van der Waals surface area contributed by atoms with E-state index >= 15 is 0 Å². The Morgan fingerprint density at radius 3 is 2.57 bits per heavy atom. The smallest absolute Gasteiger partial charge is 0.388 e. The van der Waals surface area contributed by atoms with E-state index in [-0.39, 0.29) is 13.1 Å². The van der Waals surface area contributed by atoms with E-state index in [2.05, 4.69) is 10.6 Å². The lowest BCUT2D eigenvalue weighted by Crippen LogP contribution is -2.49. The van der Waals surface area contributed by atoms with Crippen LogP contribution in [0.15, 0.2) is 24.3 Å². The van der Waals surface area contributed by atoms with Crippen LogP contribution in [0.25, 0.3) is 0 Å². The first-order valence-electron chi connectivity index (χ1n) is 6.69. The van der Waals surface area contributed by atoms with Crippen molar-refractivity contribution < 1.29 is 23.1 Å². The van der Waals surface area contributed by atoms with Crippen LogP contribution in [0.3, 0.4) is 0 Å². The van der Waals surface area contributed by atoms with E-state index in [9.17, 15) is 23.1 Å². The van der Waals surface area contributed by atoms with Gasteiger partial charge in [-0.05, 0) is 37.0 Å². The molecule has 1 aromatic carbocycles. The van der Waals surface area contributed by atoms with Gasteiger partial charge in [0.05, 0.1) is 11.2 Å². The number of urea groups is 1. The van der Waals surface area contributed by atoms with Gasteiger partial charge in [-0.25, -0.2) is 4.79 Å². The lowest BCUT2D eigenvalue weighted by atomic mass is 9.80. The molecule has 116 valence electrons. The van der Waals surface area contributed by atoms with Crippen molar-refractivity contribution in [1.29, 1.82) is 0 Å². The van der Waals surface area contributed by atoms with Crippen molar-refractivity contribution in [1.82, 2.24) is 10.6 Å². The lowest BCUT2D eigenvalue weighted by molar-refractivity contribution is -0.137. The van der Waals surface area contributed by atoms with Gasteiger partial charge in [0.2, 0.25) is 0 Å². The Balaban J connectivity index is 1.81. The second-order valence-electron chi connectivity index (χ2n) is 5.31. The zero-order chi connectivity index (χ0) is 15.5. The van der Waals surface area contributed by atoms with Gasteiger partial charge >= 0.3 is 12.2 Å². The Hall–Kier alpha value is -1.76. The van der Waals surface area contributed by atoms with Crippen molar-refractivity contribution in [2.24, 2.45) is 0 Å². The molecule has 0 aromatic heterocycles. The van der Waals surface area contributed by atoms with Crippen molar-refractivity contribution in [3.63, 3.8) is 0 Å². The van der Waals surface area contributed by atoms with Gasteiger partial charge in [-0.15, -0.1) is 0 Å². The largest absolute Gasteiger partial charge is 0.416 e. The van der Waals surface area contributed by atoms with E-state index in [1.54, 1.807) is 0 Å². The van der Waals surface area contributed by atoms with Crippen molar-refractivity contribution in [3.8, 4) is 0 Å². The Labute approximate surface area is 120 Å². The van der Waals surface area contributed by atoms with Crippen molar-refractivity contribution in [3.05, 3.63) is 35.4 Å². The molecule has 0 aliphatic heterocycles. The van der Waals surface area contributed by atoms with E-state index in [1.807, 2.05) is 0 Å². The zero-order valence-electron chi connectivity index (χ0n) is 11.3. The molecule has 1 fully saturated rings. The molecule has 1 aromatic rings.